The third-order valence-electron chi connectivity index (χ3n) is 5.75. The highest BCUT2D eigenvalue weighted by molar-refractivity contribution is 6.00. The first-order valence-electron chi connectivity index (χ1n) is 10.6. The lowest BCUT2D eigenvalue weighted by atomic mass is 9.95. The molecule has 12 heteroatoms. The van der Waals surface area contributed by atoms with Crippen molar-refractivity contribution in [2.24, 2.45) is 0 Å². The van der Waals surface area contributed by atoms with E-state index in [2.05, 4.69) is 16.1 Å². The van der Waals surface area contributed by atoms with Crippen molar-refractivity contribution in [3.63, 3.8) is 0 Å². The zero-order valence-corrected chi connectivity index (χ0v) is 18.0. The molecule has 4 amide bonds. The third kappa shape index (κ3) is 3.94. The first-order chi connectivity index (χ1) is 14.6. The molecule has 0 aromatic rings. The number of hydrogen-bond acceptors (Lipinski definition) is 8. The van der Waals surface area contributed by atoms with Crippen molar-refractivity contribution in [3.05, 3.63) is 0 Å². The van der Waals surface area contributed by atoms with Crippen molar-refractivity contribution < 1.29 is 33.6 Å². The van der Waals surface area contributed by atoms with Crippen LogP contribution < -0.4 is 16.1 Å². The zero-order valence-electron chi connectivity index (χ0n) is 18.0. The number of likely N-dealkylation sites (tertiary alicyclic amines) is 1. The van der Waals surface area contributed by atoms with E-state index in [0.717, 1.165) is 5.06 Å². The summed E-state index contributed by atoms with van der Waals surface area (Å²) in [5.74, 6) is -1.56. The van der Waals surface area contributed by atoms with Gasteiger partial charge in [0.05, 0.1) is 0 Å². The average Bonchev–Trinajstić information content (AvgIpc) is 2.65. The van der Waals surface area contributed by atoms with Crippen molar-refractivity contribution >= 4 is 23.8 Å². The number of carbonyl (C=O) groups excluding carboxylic acids is 4. The molecular formula is C19H29N5O7. The maximum absolute atomic E-state index is 13.0. The molecule has 4 heterocycles. The largest absolute Gasteiger partial charge is 0.444 e. The van der Waals surface area contributed by atoms with E-state index >= 15 is 0 Å². The number of carbonyl (C=O) groups is 4. The Morgan fingerprint density at radius 3 is 2.35 bits per heavy atom. The number of piperazine rings is 1. The standard InChI is InChI=1S/C19H29N5O7/c1-17(2,3)29-16(28)23-11-6-12(23)13(25)24-10-5-8-19(31-24)15(27)21-18(14(26)22-19)7-4-9-20-30-18/h12,20H,4-11H2,1-3H3,(H,21,27)(H,22,26)/t12?,18-,19-/m1/s1. The van der Waals surface area contributed by atoms with E-state index in [-0.39, 0.29) is 13.0 Å². The van der Waals surface area contributed by atoms with Gasteiger partial charge in [0.2, 0.25) is 11.4 Å². The first kappa shape index (κ1) is 21.8. The number of ether oxygens (including phenoxy) is 1. The van der Waals surface area contributed by atoms with Gasteiger partial charge in [-0.2, -0.15) is 5.48 Å². The molecule has 4 aliphatic rings. The molecular weight excluding hydrogens is 410 g/mol. The summed E-state index contributed by atoms with van der Waals surface area (Å²) in [5, 5.41) is 6.33. The highest BCUT2D eigenvalue weighted by Crippen LogP contribution is 2.32. The SMILES string of the molecule is CC(C)(C)OC(=O)N1CCC1C(=O)N1CCC[C@@]2(NC(=O)[C@]3(CCCNO3)NC2=O)O1. The van der Waals surface area contributed by atoms with E-state index in [1.807, 2.05) is 0 Å². The van der Waals surface area contributed by atoms with Crippen LogP contribution in [-0.2, 0) is 28.8 Å². The Kier molecular flexibility index (Phi) is 5.34. The Morgan fingerprint density at radius 2 is 1.74 bits per heavy atom. The van der Waals surface area contributed by atoms with E-state index < -0.39 is 46.9 Å². The van der Waals surface area contributed by atoms with Crippen LogP contribution in [-0.4, -0.2) is 76.5 Å². The molecule has 1 unspecified atom stereocenters. The van der Waals surface area contributed by atoms with E-state index in [9.17, 15) is 19.2 Å². The Morgan fingerprint density at radius 1 is 1.06 bits per heavy atom. The summed E-state index contributed by atoms with van der Waals surface area (Å²) in [7, 11) is 0. The van der Waals surface area contributed by atoms with E-state index in [1.165, 1.54) is 4.90 Å². The number of rotatable bonds is 1. The topological polar surface area (TPSA) is 139 Å². The van der Waals surface area contributed by atoms with Crippen molar-refractivity contribution in [3.8, 4) is 0 Å². The number of nitrogens with zero attached hydrogens (tertiary/aromatic N) is 2. The molecule has 0 aromatic carbocycles. The summed E-state index contributed by atoms with van der Waals surface area (Å²) in [6, 6.07) is -0.732. The molecule has 12 nitrogen and oxygen atoms in total. The molecule has 0 bridgehead atoms. The number of hydrogen-bond donors (Lipinski definition) is 3. The zero-order chi connectivity index (χ0) is 22.4. The Balaban J connectivity index is 1.44. The Hall–Kier alpha value is -2.44. The predicted octanol–water partition coefficient (Wildman–Crippen LogP) is -0.497. The lowest BCUT2D eigenvalue weighted by Gasteiger charge is -2.49. The minimum absolute atomic E-state index is 0.207. The highest BCUT2D eigenvalue weighted by atomic mass is 16.7. The lowest BCUT2D eigenvalue weighted by Crippen LogP contribution is -2.79. The van der Waals surface area contributed by atoms with Crippen LogP contribution in [0.5, 0.6) is 0 Å². The maximum Gasteiger partial charge on any atom is 0.410 e. The second kappa shape index (κ2) is 7.61. The van der Waals surface area contributed by atoms with Crippen LogP contribution in [0.2, 0.25) is 0 Å². The van der Waals surface area contributed by atoms with Gasteiger partial charge in [-0.25, -0.2) is 14.7 Å². The maximum atomic E-state index is 13.0. The summed E-state index contributed by atoms with van der Waals surface area (Å²) in [6.07, 6.45) is 1.50. The fourth-order valence-electron chi connectivity index (χ4n) is 4.06. The summed E-state index contributed by atoms with van der Waals surface area (Å²) in [6.45, 7) is 6.47. The number of hydroxylamine groups is 3. The van der Waals surface area contributed by atoms with Crippen LogP contribution >= 0.6 is 0 Å². The fourth-order valence-corrected chi connectivity index (χ4v) is 4.06. The second-order valence-electron chi connectivity index (χ2n) is 9.28. The van der Waals surface area contributed by atoms with Gasteiger partial charge in [-0.3, -0.25) is 24.1 Å². The number of nitrogens with one attached hydrogen (secondary N) is 3. The van der Waals surface area contributed by atoms with Crippen LogP contribution in [0.1, 0.15) is 52.9 Å². The fraction of sp³-hybridized carbons (Fsp3) is 0.789. The van der Waals surface area contributed by atoms with Crippen molar-refractivity contribution in [1.82, 2.24) is 26.1 Å². The van der Waals surface area contributed by atoms with Crippen LogP contribution in [0.4, 0.5) is 4.79 Å². The van der Waals surface area contributed by atoms with Gasteiger partial charge < -0.3 is 15.4 Å². The van der Waals surface area contributed by atoms with Crippen LogP contribution in [0.3, 0.4) is 0 Å². The minimum atomic E-state index is -1.70. The molecule has 31 heavy (non-hydrogen) atoms. The average molecular weight is 439 g/mol. The molecule has 3 atom stereocenters. The molecule has 3 N–H and O–H groups in total. The summed E-state index contributed by atoms with van der Waals surface area (Å²) in [5.41, 5.74) is -1.22. The smallest absolute Gasteiger partial charge is 0.410 e. The number of amides is 4. The van der Waals surface area contributed by atoms with E-state index in [1.54, 1.807) is 20.8 Å². The Labute approximate surface area is 179 Å². The lowest BCUT2D eigenvalue weighted by molar-refractivity contribution is -0.277. The summed E-state index contributed by atoms with van der Waals surface area (Å²) >= 11 is 0. The minimum Gasteiger partial charge on any atom is -0.444 e. The van der Waals surface area contributed by atoms with Crippen molar-refractivity contribution in [1.29, 1.82) is 0 Å². The molecule has 4 fully saturated rings. The quantitative estimate of drug-likeness (QED) is 0.497. The third-order valence-corrected chi connectivity index (χ3v) is 5.75. The predicted molar refractivity (Wildman–Crippen MR) is 103 cm³/mol. The van der Waals surface area contributed by atoms with E-state index in [0.29, 0.717) is 38.8 Å². The molecule has 2 spiro atoms. The van der Waals surface area contributed by atoms with Crippen LogP contribution in [0.15, 0.2) is 0 Å². The van der Waals surface area contributed by atoms with Gasteiger partial charge >= 0.3 is 6.09 Å². The van der Waals surface area contributed by atoms with Gasteiger partial charge in [-0.15, -0.1) is 0 Å². The molecule has 0 aromatic heterocycles. The second-order valence-corrected chi connectivity index (χ2v) is 9.28. The molecule has 4 rings (SSSR count). The normalized spacial score (nSPS) is 33.6. The molecule has 172 valence electrons. The van der Waals surface area contributed by atoms with Crippen LogP contribution in [0, 0.1) is 0 Å². The molecule has 4 aliphatic heterocycles. The van der Waals surface area contributed by atoms with Crippen LogP contribution in [0.25, 0.3) is 0 Å². The van der Waals surface area contributed by atoms with E-state index in [4.69, 9.17) is 14.4 Å². The van der Waals surface area contributed by atoms with Crippen molar-refractivity contribution in [2.45, 2.75) is 76.0 Å². The van der Waals surface area contributed by atoms with Crippen molar-refractivity contribution in [2.75, 3.05) is 19.6 Å². The van der Waals surface area contributed by atoms with Gasteiger partial charge in [0.15, 0.2) is 0 Å². The Bertz CT molecular complexity index is 791. The van der Waals surface area contributed by atoms with Gasteiger partial charge in [0.25, 0.3) is 17.7 Å². The first-order valence-corrected chi connectivity index (χ1v) is 10.6. The van der Waals surface area contributed by atoms with Gasteiger partial charge in [0.1, 0.15) is 11.6 Å². The molecule has 0 aliphatic carbocycles. The summed E-state index contributed by atoms with van der Waals surface area (Å²) < 4.78 is 5.35. The monoisotopic (exact) mass is 439 g/mol. The summed E-state index contributed by atoms with van der Waals surface area (Å²) in [4.78, 5) is 63.6. The highest BCUT2D eigenvalue weighted by Gasteiger charge is 2.59. The van der Waals surface area contributed by atoms with Gasteiger partial charge in [-0.1, -0.05) is 0 Å². The van der Waals surface area contributed by atoms with Gasteiger partial charge in [-0.05, 0) is 40.0 Å². The molecule has 0 radical (unpaired) electrons. The molecule has 4 saturated heterocycles. The molecule has 0 saturated carbocycles. The van der Waals surface area contributed by atoms with Gasteiger partial charge in [0, 0.05) is 32.5 Å².